The third-order valence-electron chi connectivity index (χ3n) is 7.19. The lowest BCUT2D eigenvalue weighted by Gasteiger charge is -2.42. The zero-order chi connectivity index (χ0) is 24.9. The lowest BCUT2D eigenvalue weighted by Crippen LogP contribution is -2.34. The molecule has 0 saturated heterocycles. The van der Waals surface area contributed by atoms with E-state index < -0.39 is 16.1 Å². The molecule has 0 spiro atoms. The van der Waals surface area contributed by atoms with Crippen molar-refractivity contribution in [3.05, 3.63) is 76.9 Å². The first kappa shape index (κ1) is 24.6. The van der Waals surface area contributed by atoms with Crippen molar-refractivity contribution in [1.82, 2.24) is 0 Å². The van der Waals surface area contributed by atoms with Gasteiger partial charge in [0.2, 0.25) is 0 Å². The maximum Gasteiger partial charge on any atom is 0.193 e. The summed E-state index contributed by atoms with van der Waals surface area (Å²) in [5.41, 5.74) is 3.85. The van der Waals surface area contributed by atoms with Gasteiger partial charge in [-0.2, -0.15) is 0 Å². The molecule has 1 aliphatic rings. The fourth-order valence-corrected chi connectivity index (χ4v) is 6.17. The number of aliphatic hydroxyl groups excluding tert-OH is 1. The van der Waals surface area contributed by atoms with Crippen LogP contribution in [-0.2, 0) is 20.7 Å². The molecule has 4 rings (SSSR count). The second-order valence-electron chi connectivity index (χ2n) is 10.7. The number of aliphatic hydroxyl groups is 2. The smallest absolute Gasteiger partial charge is 0.193 e. The van der Waals surface area contributed by atoms with Crippen LogP contribution in [-0.4, -0.2) is 36.5 Å². The Morgan fingerprint density at radius 1 is 0.824 bits per heavy atom. The third kappa shape index (κ3) is 4.67. The highest BCUT2D eigenvalue weighted by Crippen LogP contribution is 2.46. The van der Waals surface area contributed by atoms with Gasteiger partial charge in [0.1, 0.15) is 0 Å². The third-order valence-corrected chi connectivity index (χ3v) is 8.94. The van der Waals surface area contributed by atoms with Crippen molar-refractivity contribution in [1.29, 1.82) is 0 Å². The van der Waals surface area contributed by atoms with E-state index in [9.17, 15) is 13.2 Å². The van der Waals surface area contributed by atoms with Crippen LogP contribution in [0.5, 0.6) is 0 Å². The molecule has 0 saturated carbocycles. The number of benzene rings is 3. The van der Waals surface area contributed by atoms with Crippen molar-refractivity contribution < 1.29 is 23.4 Å². The Kier molecular flexibility index (Phi) is 6.21. The Labute approximate surface area is 201 Å². The topological polar surface area (TPSA) is 91.7 Å². The first-order chi connectivity index (χ1) is 15.8. The maximum atomic E-state index is 13.4. The van der Waals surface area contributed by atoms with E-state index in [-0.39, 0.29) is 33.7 Å². The SMILES string of the molecule is CC1(C)CCC(C)(C)c2cc(C(=O)c3ccc4cc(S(=O)(=O)CCC(O)O)ccc4c3)ccc21. The predicted octanol–water partition coefficient (Wildman–Crippen LogP) is 4.89. The molecule has 0 atom stereocenters. The highest BCUT2D eigenvalue weighted by atomic mass is 32.2. The van der Waals surface area contributed by atoms with E-state index in [0.29, 0.717) is 16.5 Å². The molecule has 3 aromatic rings. The van der Waals surface area contributed by atoms with Crippen LogP contribution >= 0.6 is 0 Å². The van der Waals surface area contributed by atoms with Crippen LogP contribution in [0.1, 0.15) is 74.0 Å². The summed E-state index contributed by atoms with van der Waals surface area (Å²) in [6.07, 6.45) is 0.277. The van der Waals surface area contributed by atoms with Crippen LogP contribution in [0.25, 0.3) is 10.8 Å². The van der Waals surface area contributed by atoms with Gasteiger partial charge in [-0.1, -0.05) is 58.0 Å². The van der Waals surface area contributed by atoms with E-state index in [2.05, 4.69) is 33.8 Å². The van der Waals surface area contributed by atoms with Crippen molar-refractivity contribution >= 4 is 26.4 Å². The fourth-order valence-electron chi connectivity index (χ4n) is 4.83. The van der Waals surface area contributed by atoms with Crippen LogP contribution < -0.4 is 0 Å². The second kappa shape index (κ2) is 8.59. The molecule has 2 N–H and O–H groups in total. The summed E-state index contributed by atoms with van der Waals surface area (Å²) in [6, 6.07) is 16.1. The van der Waals surface area contributed by atoms with Crippen molar-refractivity contribution in [3.8, 4) is 0 Å². The molecule has 180 valence electrons. The molecule has 0 unspecified atom stereocenters. The lowest BCUT2D eigenvalue weighted by atomic mass is 9.63. The first-order valence-corrected chi connectivity index (χ1v) is 13.3. The van der Waals surface area contributed by atoms with Gasteiger partial charge in [0, 0.05) is 17.5 Å². The van der Waals surface area contributed by atoms with Gasteiger partial charge in [0.05, 0.1) is 10.6 Å². The van der Waals surface area contributed by atoms with E-state index >= 15 is 0 Å². The molecule has 1 aliphatic carbocycles. The van der Waals surface area contributed by atoms with Gasteiger partial charge in [-0.15, -0.1) is 0 Å². The highest BCUT2D eigenvalue weighted by Gasteiger charge is 2.37. The summed E-state index contributed by atoms with van der Waals surface area (Å²) in [5.74, 6) is -0.407. The minimum absolute atomic E-state index is 0.0124. The fraction of sp³-hybridized carbons (Fsp3) is 0.393. The van der Waals surface area contributed by atoms with E-state index in [0.717, 1.165) is 18.2 Å². The normalized spacial score (nSPS) is 17.0. The number of sulfone groups is 1. The lowest BCUT2D eigenvalue weighted by molar-refractivity contribution is -0.0407. The number of ketones is 1. The van der Waals surface area contributed by atoms with E-state index in [1.807, 2.05) is 12.1 Å². The molecule has 0 aromatic heterocycles. The molecule has 0 aliphatic heterocycles. The van der Waals surface area contributed by atoms with E-state index in [1.54, 1.807) is 30.3 Å². The number of fused-ring (bicyclic) bond motifs is 2. The Bertz CT molecular complexity index is 1370. The average Bonchev–Trinajstić information content (AvgIpc) is 2.79. The van der Waals surface area contributed by atoms with Crippen LogP contribution in [0.3, 0.4) is 0 Å². The summed E-state index contributed by atoms with van der Waals surface area (Å²) in [6.45, 7) is 8.98. The average molecular weight is 481 g/mol. The Morgan fingerprint density at radius 3 is 2.06 bits per heavy atom. The molecular weight excluding hydrogens is 448 g/mol. The van der Waals surface area contributed by atoms with Gasteiger partial charge in [0.25, 0.3) is 0 Å². The van der Waals surface area contributed by atoms with Crippen molar-refractivity contribution in [2.24, 2.45) is 0 Å². The zero-order valence-corrected chi connectivity index (χ0v) is 20.9. The minimum atomic E-state index is -3.63. The quantitative estimate of drug-likeness (QED) is 0.387. The van der Waals surface area contributed by atoms with Crippen molar-refractivity contribution in [2.45, 2.75) is 69.0 Å². The summed E-state index contributed by atoms with van der Waals surface area (Å²) in [7, 11) is -3.63. The number of hydrogen-bond acceptors (Lipinski definition) is 5. The molecule has 34 heavy (non-hydrogen) atoms. The molecule has 5 nitrogen and oxygen atoms in total. The summed E-state index contributed by atoms with van der Waals surface area (Å²) < 4.78 is 25.0. The molecule has 0 fully saturated rings. The number of hydrogen-bond donors (Lipinski definition) is 2. The molecule has 0 radical (unpaired) electrons. The largest absolute Gasteiger partial charge is 0.368 e. The van der Waals surface area contributed by atoms with Gasteiger partial charge in [-0.3, -0.25) is 4.79 Å². The predicted molar refractivity (Wildman–Crippen MR) is 134 cm³/mol. The summed E-state index contributed by atoms with van der Waals surface area (Å²) >= 11 is 0. The van der Waals surface area contributed by atoms with Crippen LogP contribution in [0.4, 0.5) is 0 Å². The molecule has 6 heteroatoms. The number of carbonyl (C=O) groups is 1. The van der Waals surface area contributed by atoms with Crippen molar-refractivity contribution in [2.75, 3.05) is 5.75 Å². The van der Waals surface area contributed by atoms with Crippen LogP contribution in [0, 0.1) is 0 Å². The van der Waals surface area contributed by atoms with Gasteiger partial charge in [0.15, 0.2) is 21.9 Å². The Morgan fingerprint density at radius 2 is 1.38 bits per heavy atom. The second-order valence-corrected chi connectivity index (χ2v) is 12.8. The van der Waals surface area contributed by atoms with Crippen LogP contribution in [0.15, 0.2) is 59.5 Å². The Balaban J connectivity index is 1.66. The Hall–Kier alpha value is -2.54. The van der Waals surface area contributed by atoms with Gasteiger partial charge in [-0.05, 0) is 69.8 Å². The van der Waals surface area contributed by atoms with Crippen molar-refractivity contribution in [3.63, 3.8) is 0 Å². The zero-order valence-electron chi connectivity index (χ0n) is 20.1. The first-order valence-electron chi connectivity index (χ1n) is 11.6. The molecular formula is C28H32O5S. The standard InChI is InChI=1S/C28H32O5S/c1-27(2)12-13-28(3,4)24-17-21(8-10-23(24)27)26(31)20-6-5-19-16-22(9-7-18(19)15-20)34(32,33)14-11-25(29)30/h5-10,15-17,25,29-30H,11-14H2,1-4H3. The summed E-state index contributed by atoms with van der Waals surface area (Å²) in [5, 5.41) is 19.5. The molecule has 0 heterocycles. The molecule has 3 aromatic carbocycles. The number of carbonyl (C=O) groups excluding carboxylic acids is 1. The van der Waals surface area contributed by atoms with E-state index in [4.69, 9.17) is 10.2 Å². The van der Waals surface area contributed by atoms with E-state index in [1.165, 1.54) is 17.2 Å². The molecule has 0 amide bonds. The van der Waals surface area contributed by atoms with Gasteiger partial charge >= 0.3 is 0 Å². The van der Waals surface area contributed by atoms with Gasteiger partial charge in [-0.25, -0.2) is 8.42 Å². The van der Waals surface area contributed by atoms with Crippen LogP contribution in [0.2, 0.25) is 0 Å². The summed E-state index contributed by atoms with van der Waals surface area (Å²) in [4.78, 5) is 13.5. The van der Waals surface area contributed by atoms with Gasteiger partial charge < -0.3 is 10.2 Å². The monoisotopic (exact) mass is 480 g/mol. The minimum Gasteiger partial charge on any atom is -0.368 e. The molecule has 0 bridgehead atoms. The maximum absolute atomic E-state index is 13.4. The number of rotatable bonds is 6. The highest BCUT2D eigenvalue weighted by molar-refractivity contribution is 7.91.